The second-order valence-electron chi connectivity index (χ2n) is 6.03. The maximum atomic E-state index is 12.2. The Kier molecular flexibility index (Phi) is 5.73. The van der Waals surface area contributed by atoms with Crippen LogP contribution in [0.15, 0.2) is 45.6 Å². The monoisotopic (exact) mass is 406 g/mol. The fourth-order valence-corrected chi connectivity index (χ4v) is 3.32. The number of fused-ring (bicyclic) bond motifs is 1. The van der Waals surface area contributed by atoms with Gasteiger partial charge in [-0.25, -0.2) is 4.79 Å². The Balaban J connectivity index is 1.88. The summed E-state index contributed by atoms with van der Waals surface area (Å²) in [5, 5.41) is 10.6. The van der Waals surface area contributed by atoms with E-state index in [0.29, 0.717) is 38.1 Å². The minimum Gasteiger partial charge on any atom is -0.489 e. The summed E-state index contributed by atoms with van der Waals surface area (Å²) in [5.41, 5.74) is 1.60. The van der Waals surface area contributed by atoms with Gasteiger partial charge in [-0.1, -0.05) is 29.3 Å². The Bertz CT molecular complexity index is 1050. The second kappa shape index (κ2) is 8.03. The van der Waals surface area contributed by atoms with E-state index in [1.165, 1.54) is 0 Å². The van der Waals surface area contributed by atoms with Gasteiger partial charge in [0.05, 0.1) is 0 Å². The second-order valence-corrected chi connectivity index (χ2v) is 6.85. The number of hydrogen-bond acceptors (Lipinski definition) is 4. The largest absolute Gasteiger partial charge is 0.489 e. The first kappa shape index (κ1) is 19.3. The normalized spacial score (nSPS) is 10.9. The first-order valence-corrected chi connectivity index (χ1v) is 8.96. The van der Waals surface area contributed by atoms with E-state index in [4.69, 9.17) is 37.5 Å². The molecular weight excluding hydrogens is 391 g/mol. The van der Waals surface area contributed by atoms with Gasteiger partial charge in [0.15, 0.2) is 0 Å². The summed E-state index contributed by atoms with van der Waals surface area (Å²) in [6, 6.07) is 10.4. The Hall–Kier alpha value is -2.50. The molecule has 0 amide bonds. The fraction of sp³-hybridized carbons (Fsp3) is 0.200. The molecular formula is C20H16Cl2O5. The van der Waals surface area contributed by atoms with Crippen molar-refractivity contribution in [2.75, 3.05) is 0 Å². The van der Waals surface area contributed by atoms with Crippen molar-refractivity contribution in [3.8, 4) is 5.75 Å². The van der Waals surface area contributed by atoms with Gasteiger partial charge in [0.2, 0.25) is 0 Å². The van der Waals surface area contributed by atoms with E-state index in [0.717, 1.165) is 5.39 Å². The van der Waals surface area contributed by atoms with Gasteiger partial charge in [0, 0.05) is 39.0 Å². The van der Waals surface area contributed by atoms with Crippen LogP contribution < -0.4 is 10.4 Å². The predicted octanol–water partition coefficient (Wildman–Crippen LogP) is 5.00. The van der Waals surface area contributed by atoms with E-state index in [2.05, 4.69) is 0 Å². The van der Waals surface area contributed by atoms with Gasteiger partial charge < -0.3 is 14.3 Å². The van der Waals surface area contributed by atoms with Crippen LogP contribution in [0.4, 0.5) is 0 Å². The van der Waals surface area contributed by atoms with Crippen molar-refractivity contribution in [2.45, 2.75) is 26.4 Å². The highest BCUT2D eigenvalue weighted by Crippen LogP contribution is 2.28. The topological polar surface area (TPSA) is 76.7 Å². The molecule has 0 spiro atoms. The van der Waals surface area contributed by atoms with E-state index in [9.17, 15) is 9.59 Å². The van der Waals surface area contributed by atoms with Gasteiger partial charge in [-0.3, -0.25) is 4.79 Å². The first-order chi connectivity index (χ1) is 12.9. The van der Waals surface area contributed by atoms with E-state index in [1.54, 1.807) is 43.3 Å². The van der Waals surface area contributed by atoms with Gasteiger partial charge in [-0.2, -0.15) is 0 Å². The lowest BCUT2D eigenvalue weighted by Gasteiger charge is -2.11. The summed E-state index contributed by atoms with van der Waals surface area (Å²) in [7, 11) is 0. The van der Waals surface area contributed by atoms with Crippen molar-refractivity contribution < 1.29 is 19.1 Å². The lowest BCUT2D eigenvalue weighted by molar-refractivity contribution is -0.136. The van der Waals surface area contributed by atoms with Crippen molar-refractivity contribution in [3.63, 3.8) is 0 Å². The van der Waals surface area contributed by atoms with Crippen molar-refractivity contribution in [2.24, 2.45) is 0 Å². The number of aryl methyl sites for hydroxylation is 1. The number of aliphatic carboxylic acids is 1. The molecule has 3 aromatic rings. The summed E-state index contributed by atoms with van der Waals surface area (Å²) in [6.45, 7) is 1.95. The van der Waals surface area contributed by atoms with E-state index in [-0.39, 0.29) is 19.4 Å². The van der Waals surface area contributed by atoms with Crippen molar-refractivity contribution >= 4 is 40.1 Å². The van der Waals surface area contributed by atoms with Crippen LogP contribution in [0.3, 0.4) is 0 Å². The molecule has 3 rings (SSSR count). The third kappa shape index (κ3) is 4.26. The highest BCUT2D eigenvalue weighted by atomic mass is 35.5. The van der Waals surface area contributed by atoms with Crippen molar-refractivity contribution in [1.82, 2.24) is 0 Å². The molecule has 0 aliphatic rings. The van der Waals surface area contributed by atoms with Crippen LogP contribution in [0.2, 0.25) is 10.0 Å². The summed E-state index contributed by atoms with van der Waals surface area (Å²) in [6.07, 6.45) is -0.000404. The van der Waals surface area contributed by atoms with Crippen LogP contribution >= 0.6 is 23.2 Å². The lowest BCUT2D eigenvalue weighted by atomic mass is 10.0. The average molecular weight is 407 g/mol. The van der Waals surface area contributed by atoms with Gasteiger partial charge in [-0.15, -0.1) is 0 Å². The zero-order valence-electron chi connectivity index (χ0n) is 14.4. The standard InChI is InChI=1S/C20H16Cl2O5/c1-11-13-6-5-12(26-10-15-16(21)3-2-4-17(15)22)9-18(13)27-20(25)14(11)7-8-19(23)24/h2-6,9H,7-8,10H2,1H3,(H,23,24). The van der Waals surface area contributed by atoms with E-state index < -0.39 is 11.6 Å². The van der Waals surface area contributed by atoms with Gasteiger partial charge in [0.1, 0.15) is 17.9 Å². The molecule has 0 fully saturated rings. The van der Waals surface area contributed by atoms with Crippen LogP contribution in [0.5, 0.6) is 5.75 Å². The summed E-state index contributed by atoms with van der Waals surface area (Å²) >= 11 is 12.3. The van der Waals surface area contributed by atoms with Crippen LogP contribution in [-0.2, 0) is 17.8 Å². The molecule has 0 unspecified atom stereocenters. The highest BCUT2D eigenvalue weighted by Gasteiger charge is 2.14. The Morgan fingerprint density at radius 2 is 1.85 bits per heavy atom. The first-order valence-electron chi connectivity index (χ1n) is 8.20. The number of halogens is 2. The molecule has 5 nitrogen and oxygen atoms in total. The van der Waals surface area contributed by atoms with Gasteiger partial charge in [0.25, 0.3) is 0 Å². The third-order valence-electron chi connectivity index (χ3n) is 4.29. The molecule has 0 aliphatic carbocycles. The number of carboxylic acids is 1. The van der Waals surface area contributed by atoms with Crippen molar-refractivity contribution in [1.29, 1.82) is 0 Å². The van der Waals surface area contributed by atoms with Crippen molar-refractivity contribution in [3.05, 3.63) is 73.6 Å². The maximum absolute atomic E-state index is 12.2. The van der Waals surface area contributed by atoms with Gasteiger partial charge in [-0.05, 0) is 43.2 Å². The molecule has 0 saturated carbocycles. The zero-order chi connectivity index (χ0) is 19.6. The van der Waals surface area contributed by atoms with E-state index >= 15 is 0 Å². The molecule has 0 saturated heterocycles. The smallest absolute Gasteiger partial charge is 0.339 e. The fourth-order valence-electron chi connectivity index (χ4n) is 2.81. The number of benzene rings is 2. The number of carbonyl (C=O) groups is 1. The minimum absolute atomic E-state index is 0.128. The number of carboxylic acid groups (broad SMARTS) is 1. The molecule has 0 atom stereocenters. The molecule has 0 bridgehead atoms. The predicted molar refractivity (Wildman–Crippen MR) is 104 cm³/mol. The Morgan fingerprint density at radius 1 is 1.15 bits per heavy atom. The summed E-state index contributed by atoms with van der Waals surface area (Å²) in [4.78, 5) is 23.0. The molecule has 0 aliphatic heterocycles. The van der Waals surface area contributed by atoms with Crippen LogP contribution in [0.25, 0.3) is 11.0 Å². The van der Waals surface area contributed by atoms with E-state index in [1.807, 2.05) is 0 Å². The highest BCUT2D eigenvalue weighted by molar-refractivity contribution is 6.35. The third-order valence-corrected chi connectivity index (χ3v) is 5.00. The van der Waals surface area contributed by atoms with Gasteiger partial charge >= 0.3 is 11.6 Å². The quantitative estimate of drug-likeness (QED) is 0.582. The molecule has 1 N–H and O–H groups in total. The molecule has 1 heterocycles. The average Bonchev–Trinajstić information content (AvgIpc) is 2.60. The van der Waals surface area contributed by atoms with Crippen LogP contribution in [-0.4, -0.2) is 11.1 Å². The molecule has 0 radical (unpaired) electrons. The van der Waals surface area contributed by atoms with Crippen LogP contribution in [0.1, 0.15) is 23.1 Å². The molecule has 140 valence electrons. The SMILES string of the molecule is Cc1c(CCC(=O)O)c(=O)oc2cc(OCc3c(Cl)cccc3Cl)ccc12. The molecule has 27 heavy (non-hydrogen) atoms. The number of hydrogen-bond donors (Lipinski definition) is 1. The minimum atomic E-state index is -0.962. The lowest BCUT2D eigenvalue weighted by Crippen LogP contribution is -2.12. The molecule has 7 heteroatoms. The Morgan fingerprint density at radius 3 is 2.52 bits per heavy atom. The molecule has 1 aromatic heterocycles. The number of rotatable bonds is 6. The van der Waals surface area contributed by atoms with Crippen LogP contribution in [0, 0.1) is 6.92 Å². The zero-order valence-corrected chi connectivity index (χ0v) is 15.9. The summed E-state index contributed by atoms with van der Waals surface area (Å²) < 4.78 is 11.1. The molecule has 2 aromatic carbocycles. The number of ether oxygens (including phenoxy) is 1. The summed E-state index contributed by atoms with van der Waals surface area (Å²) in [5.74, 6) is -0.463. The maximum Gasteiger partial charge on any atom is 0.339 e. The Labute approximate surface area is 165 Å².